The second-order valence-corrected chi connectivity index (χ2v) is 8.06. The number of fused-ring (bicyclic) bond motifs is 1. The Morgan fingerprint density at radius 1 is 0.889 bits per heavy atom. The van der Waals surface area contributed by atoms with Crippen LogP contribution in [0.3, 0.4) is 0 Å². The summed E-state index contributed by atoms with van der Waals surface area (Å²) in [5, 5.41) is 5.74. The molecule has 3 aromatic carbocycles. The van der Waals surface area contributed by atoms with Crippen LogP contribution in [0.5, 0.6) is 5.75 Å². The topological polar surface area (TPSA) is 98.1 Å². The molecule has 8 nitrogen and oxygen atoms in total. The Bertz CT molecular complexity index is 1530. The van der Waals surface area contributed by atoms with Crippen molar-refractivity contribution in [1.29, 1.82) is 0 Å². The van der Waals surface area contributed by atoms with E-state index < -0.39 is 0 Å². The standard InChI is InChI=1S/C28H23N5O3/c1-36-23-8-4-6-21(16-23)31-28(35)20-13-11-19(12-14-20)27-32-24-9-2-3-10-25(24)33(27)18-26(34)30-22-7-5-15-29-17-22/h2-17H,18H2,1H3,(H,30,34)(H,31,35). The Balaban J connectivity index is 1.40. The van der Waals surface area contributed by atoms with Gasteiger partial charge in [0.2, 0.25) is 5.91 Å². The number of nitrogens with zero attached hydrogens (tertiary/aromatic N) is 3. The minimum atomic E-state index is -0.237. The fourth-order valence-corrected chi connectivity index (χ4v) is 3.91. The Kier molecular flexibility index (Phi) is 6.40. The molecule has 0 atom stereocenters. The normalized spacial score (nSPS) is 10.7. The van der Waals surface area contributed by atoms with Gasteiger partial charge in [0.05, 0.1) is 30.0 Å². The van der Waals surface area contributed by atoms with Gasteiger partial charge in [-0.3, -0.25) is 14.6 Å². The monoisotopic (exact) mass is 477 g/mol. The van der Waals surface area contributed by atoms with E-state index in [2.05, 4.69) is 15.6 Å². The van der Waals surface area contributed by atoms with Crippen LogP contribution in [0.4, 0.5) is 11.4 Å². The number of nitrogens with one attached hydrogen (secondary N) is 2. The number of rotatable bonds is 7. The highest BCUT2D eigenvalue weighted by molar-refractivity contribution is 6.04. The van der Waals surface area contributed by atoms with E-state index in [1.165, 1.54) is 0 Å². The first-order chi connectivity index (χ1) is 17.6. The summed E-state index contributed by atoms with van der Waals surface area (Å²) in [4.78, 5) is 34.4. The number of carbonyl (C=O) groups is 2. The van der Waals surface area contributed by atoms with Crippen LogP contribution in [-0.4, -0.2) is 33.5 Å². The van der Waals surface area contributed by atoms with Crippen molar-refractivity contribution >= 4 is 34.2 Å². The molecule has 8 heteroatoms. The average Bonchev–Trinajstić information content (AvgIpc) is 3.27. The van der Waals surface area contributed by atoms with Gasteiger partial charge in [0, 0.05) is 29.1 Å². The summed E-state index contributed by atoms with van der Waals surface area (Å²) in [5.41, 5.74) is 4.18. The maximum absolute atomic E-state index is 12.8. The van der Waals surface area contributed by atoms with Crippen molar-refractivity contribution in [1.82, 2.24) is 14.5 Å². The number of amides is 2. The minimum Gasteiger partial charge on any atom is -0.497 e. The predicted octanol–water partition coefficient (Wildman–Crippen LogP) is 5.00. The highest BCUT2D eigenvalue weighted by Crippen LogP contribution is 2.26. The molecule has 0 radical (unpaired) electrons. The quantitative estimate of drug-likeness (QED) is 0.344. The van der Waals surface area contributed by atoms with Gasteiger partial charge in [-0.15, -0.1) is 0 Å². The van der Waals surface area contributed by atoms with Crippen LogP contribution in [0.15, 0.2) is 97.3 Å². The van der Waals surface area contributed by atoms with Gasteiger partial charge < -0.3 is 19.9 Å². The van der Waals surface area contributed by atoms with Gasteiger partial charge in [0.1, 0.15) is 18.1 Å². The second kappa shape index (κ2) is 10.1. The zero-order valence-corrected chi connectivity index (χ0v) is 19.5. The van der Waals surface area contributed by atoms with Crippen molar-refractivity contribution in [2.24, 2.45) is 0 Å². The van der Waals surface area contributed by atoms with E-state index in [0.29, 0.717) is 28.5 Å². The first-order valence-electron chi connectivity index (χ1n) is 11.3. The number of pyridine rings is 1. The maximum Gasteiger partial charge on any atom is 0.255 e. The van der Waals surface area contributed by atoms with Gasteiger partial charge >= 0.3 is 0 Å². The average molecular weight is 478 g/mol. The van der Waals surface area contributed by atoms with Crippen molar-refractivity contribution in [2.45, 2.75) is 6.54 Å². The fraction of sp³-hybridized carbons (Fsp3) is 0.0714. The van der Waals surface area contributed by atoms with Gasteiger partial charge in [0.25, 0.3) is 5.91 Å². The van der Waals surface area contributed by atoms with Crippen LogP contribution in [0.1, 0.15) is 10.4 Å². The molecular formula is C28H23N5O3. The predicted molar refractivity (Wildman–Crippen MR) is 139 cm³/mol. The molecule has 2 amide bonds. The summed E-state index contributed by atoms with van der Waals surface area (Å²) in [7, 11) is 1.58. The summed E-state index contributed by atoms with van der Waals surface area (Å²) in [5.74, 6) is 0.868. The van der Waals surface area contributed by atoms with Crippen molar-refractivity contribution in [2.75, 3.05) is 17.7 Å². The van der Waals surface area contributed by atoms with E-state index in [0.717, 1.165) is 16.6 Å². The third kappa shape index (κ3) is 4.92. The lowest BCUT2D eigenvalue weighted by Gasteiger charge is -2.11. The van der Waals surface area contributed by atoms with E-state index in [9.17, 15) is 9.59 Å². The lowest BCUT2D eigenvalue weighted by molar-refractivity contribution is -0.116. The van der Waals surface area contributed by atoms with Gasteiger partial charge in [0.15, 0.2) is 0 Å². The molecule has 2 N–H and O–H groups in total. The Morgan fingerprint density at radius 2 is 1.69 bits per heavy atom. The number of hydrogen-bond acceptors (Lipinski definition) is 5. The largest absolute Gasteiger partial charge is 0.497 e. The first-order valence-corrected chi connectivity index (χ1v) is 11.3. The summed E-state index contributed by atoms with van der Waals surface area (Å²) < 4.78 is 7.08. The van der Waals surface area contributed by atoms with Gasteiger partial charge in [-0.2, -0.15) is 0 Å². The Labute approximate surface area is 207 Å². The van der Waals surface area contributed by atoms with E-state index in [1.807, 2.05) is 53.1 Å². The number of imidazole rings is 1. The van der Waals surface area contributed by atoms with Crippen LogP contribution < -0.4 is 15.4 Å². The molecule has 0 saturated heterocycles. The summed E-state index contributed by atoms with van der Waals surface area (Å²) in [6.07, 6.45) is 3.25. The van der Waals surface area contributed by atoms with Gasteiger partial charge in [-0.1, -0.05) is 30.3 Å². The molecule has 178 valence electrons. The smallest absolute Gasteiger partial charge is 0.255 e. The summed E-state index contributed by atoms with van der Waals surface area (Å²) >= 11 is 0. The van der Waals surface area contributed by atoms with Crippen LogP contribution in [0.25, 0.3) is 22.4 Å². The third-order valence-corrected chi connectivity index (χ3v) is 5.63. The van der Waals surface area contributed by atoms with Crippen LogP contribution in [0, 0.1) is 0 Å². The number of ether oxygens (including phenoxy) is 1. The molecule has 0 unspecified atom stereocenters. The van der Waals surface area contributed by atoms with E-state index in [4.69, 9.17) is 9.72 Å². The van der Waals surface area contributed by atoms with Crippen molar-refractivity contribution in [3.63, 3.8) is 0 Å². The molecule has 0 spiro atoms. The lowest BCUT2D eigenvalue weighted by Crippen LogP contribution is -2.19. The maximum atomic E-state index is 12.8. The van der Waals surface area contributed by atoms with Gasteiger partial charge in [-0.25, -0.2) is 4.98 Å². The Morgan fingerprint density at radius 3 is 2.47 bits per heavy atom. The Hall–Kier alpha value is -4.98. The van der Waals surface area contributed by atoms with E-state index in [1.54, 1.807) is 55.9 Å². The highest BCUT2D eigenvalue weighted by atomic mass is 16.5. The molecule has 5 aromatic rings. The number of hydrogen-bond donors (Lipinski definition) is 2. The molecule has 0 aliphatic carbocycles. The second-order valence-electron chi connectivity index (χ2n) is 8.06. The van der Waals surface area contributed by atoms with Crippen LogP contribution >= 0.6 is 0 Å². The molecule has 0 saturated carbocycles. The molecule has 0 bridgehead atoms. The molecule has 0 aliphatic rings. The van der Waals surface area contributed by atoms with Crippen LogP contribution in [-0.2, 0) is 11.3 Å². The third-order valence-electron chi connectivity index (χ3n) is 5.63. The first kappa shape index (κ1) is 22.8. The lowest BCUT2D eigenvalue weighted by atomic mass is 10.1. The SMILES string of the molecule is COc1cccc(NC(=O)c2ccc(-c3nc4ccccc4n3CC(=O)Nc3cccnc3)cc2)c1. The van der Waals surface area contributed by atoms with Crippen molar-refractivity contribution < 1.29 is 14.3 Å². The molecule has 36 heavy (non-hydrogen) atoms. The molecule has 5 rings (SSSR count). The summed E-state index contributed by atoms with van der Waals surface area (Å²) in [6.45, 7) is 0.0722. The fourth-order valence-electron chi connectivity index (χ4n) is 3.91. The van der Waals surface area contributed by atoms with Crippen molar-refractivity contribution in [3.8, 4) is 17.1 Å². The summed E-state index contributed by atoms with van der Waals surface area (Å²) in [6, 6.07) is 25.5. The molecule has 0 aliphatic heterocycles. The zero-order valence-electron chi connectivity index (χ0n) is 19.5. The van der Waals surface area contributed by atoms with E-state index in [-0.39, 0.29) is 18.4 Å². The number of benzene rings is 3. The zero-order chi connectivity index (χ0) is 24.9. The number of aromatic nitrogens is 3. The number of methoxy groups -OCH3 is 1. The number of anilines is 2. The van der Waals surface area contributed by atoms with Crippen LogP contribution in [0.2, 0.25) is 0 Å². The molecule has 2 heterocycles. The molecule has 0 fully saturated rings. The number of carbonyl (C=O) groups excluding carboxylic acids is 2. The van der Waals surface area contributed by atoms with E-state index >= 15 is 0 Å². The van der Waals surface area contributed by atoms with Gasteiger partial charge in [-0.05, 0) is 48.5 Å². The minimum absolute atomic E-state index is 0.0722. The number of para-hydroxylation sites is 2. The molecule has 2 aromatic heterocycles. The van der Waals surface area contributed by atoms with Crippen molar-refractivity contribution in [3.05, 3.63) is 103 Å². The highest BCUT2D eigenvalue weighted by Gasteiger charge is 2.16. The molecular weight excluding hydrogens is 454 g/mol.